The highest BCUT2D eigenvalue weighted by Gasteiger charge is 2.32. The number of nitrogens with zero attached hydrogens (tertiary/aromatic N) is 1. The molecule has 0 aromatic heterocycles. The second-order valence-corrected chi connectivity index (χ2v) is 8.38. The minimum absolute atomic E-state index is 0.232. The largest absolute Gasteiger partial charge is 0.374 e. The van der Waals surface area contributed by atoms with Crippen LogP contribution < -0.4 is 5.32 Å². The molecule has 1 atom stereocenters. The molecule has 3 aromatic rings. The van der Waals surface area contributed by atoms with Gasteiger partial charge in [0, 0.05) is 6.42 Å². The number of fused-ring (bicyclic) bond motifs is 1. The van der Waals surface area contributed by atoms with E-state index in [0.29, 0.717) is 0 Å². The van der Waals surface area contributed by atoms with Gasteiger partial charge in [0.05, 0.1) is 22.6 Å². The number of aliphatic imine (C=N–C) groups is 1. The van der Waals surface area contributed by atoms with Crippen LogP contribution in [0.15, 0.2) is 65.7 Å². The third-order valence-corrected chi connectivity index (χ3v) is 5.87. The number of anilines is 1. The number of aryl methyl sites for hydroxylation is 4. The maximum absolute atomic E-state index is 5.13. The topological polar surface area (TPSA) is 24.4 Å². The van der Waals surface area contributed by atoms with Crippen LogP contribution in [0.4, 0.5) is 11.4 Å². The molecule has 1 N–H and O–H groups in total. The zero-order valence-electron chi connectivity index (χ0n) is 17.4. The summed E-state index contributed by atoms with van der Waals surface area (Å²) in [6.45, 7) is 10.9. The number of hydrogen-bond donors (Lipinski definition) is 1. The lowest BCUT2D eigenvalue weighted by molar-refractivity contribution is 0.571. The van der Waals surface area contributed by atoms with E-state index in [1.807, 2.05) is 0 Å². The molecule has 4 rings (SSSR count). The lowest BCUT2D eigenvalue weighted by atomic mass is 9.84. The van der Waals surface area contributed by atoms with Crippen molar-refractivity contribution in [2.45, 2.75) is 46.6 Å². The zero-order valence-corrected chi connectivity index (χ0v) is 17.4. The number of rotatable bonds is 2. The van der Waals surface area contributed by atoms with Crippen LogP contribution in [0.3, 0.4) is 0 Å². The van der Waals surface area contributed by atoms with Crippen LogP contribution in [-0.2, 0) is 5.54 Å². The Morgan fingerprint density at radius 3 is 2.00 bits per heavy atom. The third kappa shape index (κ3) is 3.47. The van der Waals surface area contributed by atoms with E-state index in [9.17, 15) is 0 Å². The second kappa shape index (κ2) is 6.94. The van der Waals surface area contributed by atoms with Crippen molar-refractivity contribution < 1.29 is 0 Å². The van der Waals surface area contributed by atoms with Gasteiger partial charge in [-0.25, -0.2) is 0 Å². The minimum Gasteiger partial charge on any atom is -0.374 e. The van der Waals surface area contributed by atoms with Crippen LogP contribution in [0.25, 0.3) is 0 Å². The predicted octanol–water partition coefficient (Wildman–Crippen LogP) is 6.77. The molecule has 0 bridgehead atoms. The molecule has 1 aliphatic rings. The summed E-state index contributed by atoms with van der Waals surface area (Å²) in [6.07, 6.45) is 0.825. The first-order valence-electron chi connectivity index (χ1n) is 9.95. The Morgan fingerprint density at radius 2 is 1.36 bits per heavy atom. The first kappa shape index (κ1) is 18.5. The van der Waals surface area contributed by atoms with Gasteiger partial charge in [-0.2, -0.15) is 0 Å². The summed E-state index contributed by atoms with van der Waals surface area (Å²) in [6, 6.07) is 22.0. The Labute approximate surface area is 168 Å². The van der Waals surface area contributed by atoms with Crippen molar-refractivity contribution in [3.05, 3.63) is 94.0 Å². The molecule has 142 valence electrons. The third-order valence-electron chi connectivity index (χ3n) is 5.87. The summed E-state index contributed by atoms with van der Waals surface area (Å²) in [5, 5.41) is 3.84. The Kier molecular flexibility index (Phi) is 4.58. The molecule has 1 heterocycles. The monoisotopic (exact) mass is 368 g/mol. The van der Waals surface area contributed by atoms with Gasteiger partial charge in [0.2, 0.25) is 0 Å². The highest BCUT2D eigenvalue weighted by atomic mass is 15.0. The van der Waals surface area contributed by atoms with E-state index in [-0.39, 0.29) is 5.54 Å². The highest BCUT2D eigenvalue weighted by Crippen LogP contribution is 2.40. The molecule has 0 saturated carbocycles. The summed E-state index contributed by atoms with van der Waals surface area (Å²) in [7, 11) is 0. The maximum Gasteiger partial charge on any atom is 0.0867 e. The lowest BCUT2D eigenvalue weighted by Gasteiger charge is -2.32. The van der Waals surface area contributed by atoms with Crippen LogP contribution in [0.1, 0.15) is 46.7 Å². The summed E-state index contributed by atoms with van der Waals surface area (Å²) in [5.74, 6) is 0. The molecule has 1 unspecified atom stereocenters. The lowest BCUT2D eigenvalue weighted by Crippen LogP contribution is -2.34. The molecule has 0 amide bonds. The number of nitrogens with one attached hydrogen (secondary N) is 1. The summed E-state index contributed by atoms with van der Waals surface area (Å²) in [4.78, 5) is 5.13. The van der Waals surface area contributed by atoms with Crippen LogP contribution >= 0.6 is 0 Å². The predicted molar refractivity (Wildman–Crippen MR) is 120 cm³/mol. The molecule has 0 saturated heterocycles. The molecule has 2 heteroatoms. The van der Waals surface area contributed by atoms with E-state index < -0.39 is 0 Å². The quantitative estimate of drug-likeness (QED) is 0.530. The molecular formula is C26H28N2. The van der Waals surface area contributed by atoms with Crippen LogP contribution in [0.5, 0.6) is 0 Å². The van der Waals surface area contributed by atoms with Crippen molar-refractivity contribution >= 4 is 17.1 Å². The van der Waals surface area contributed by atoms with Gasteiger partial charge in [-0.3, -0.25) is 4.99 Å². The van der Waals surface area contributed by atoms with Crippen molar-refractivity contribution in [1.82, 2.24) is 0 Å². The van der Waals surface area contributed by atoms with Gasteiger partial charge in [0.15, 0.2) is 0 Å². The standard InChI is InChI=1S/C26H28N2/c1-17-6-10-21(11-7-17)25-16-26(5,22-12-8-18(2)9-13-22)28-24-15-20(4)19(3)14-23(24)27-25/h6-15,28H,16H2,1-5H3. The number of benzene rings is 3. The van der Waals surface area contributed by atoms with Crippen LogP contribution in [-0.4, -0.2) is 5.71 Å². The van der Waals surface area contributed by atoms with Crippen molar-refractivity contribution in [3.8, 4) is 0 Å². The van der Waals surface area contributed by atoms with Gasteiger partial charge in [-0.05, 0) is 69.0 Å². The Bertz CT molecular complexity index is 1040. The summed E-state index contributed by atoms with van der Waals surface area (Å²) < 4.78 is 0. The SMILES string of the molecule is Cc1ccc(C2=Nc3cc(C)c(C)cc3NC(C)(c3ccc(C)cc3)C2)cc1. The van der Waals surface area contributed by atoms with Gasteiger partial charge in [-0.1, -0.05) is 59.7 Å². The van der Waals surface area contributed by atoms with E-state index in [1.165, 1.54) is 33.4 Å². The van der Waals surface area contributed by atoms with Gasteiger partial charge in [-0.15, -0.1) is 0 Å². The van der Waals surface area contributed by atoms with Gasteiger partial charge < -0.3 is 5.32 Å². The fourth-order valence-electron chi connectivity index (χ4n) is 3.86. The van der Waals surface area contributed by atoms with E-state index in [4.69, 9.17) is 4.99 Å². The van der Waals surface area contributed by atoms with Gasteiger partial charge in [0.25, 0.3) is 0 Å². The Balaban J connectivity index is 1.89. The average Bonchev–Trinajstić information content (AvgIpc) is 2.80. The fraction of sp³-hybridized carbons (Fsp3) is 0.269. The van der Waals surface area contributed by atoms with Gasteiger partial charge >= 0.3 is 0 Å². The fourth-order valence-corrected chi connectivity index (χ4v) is 3.86. The molecule has 0 aliphatic carbocycles. The second-order valence-electron chi connectivity index (χ2n) is 8.38. The molecule has 0 spiro atoms. The molecule has 3 aromatic carbocycles. The first-order valence-corrected chi connectivity index (χ1v) is 9.95. The normalized spacial score (nSPS) is 18.7. The number of hydrogen-bond acceptors (Lipinski definition) is 2. The maximum atomic E-state index is 5.13. The summed E-state index contributed by atoms with van der Waals surface area (Å²) >= 11 is 0. The molecule has 0 fully saturated rings. The summed E-state index contributed by atoms with van der Waals surface area (Å²) in [5.41, 5.74) is 10.6. The van der Waals surface area contributed by atoms with Gasteiger partial charge in [0.1, 0.15) is 0 Å². The molecule has 1 aliphatic heterocycles. The van der Waals surface area contributed by atoms with E-state index in [1.54, 1.807) is 0 Å². The Hall–Kier alpha value is -2.87. The average molecular weight is 369 g/mol. The smallest absolute Gasteiger partial charge is 0.0867 e. The minimum atomic E-state index is -0.232. The van der Waals surface area contributed by atoms with Crippen LogP contribution in [0.2, 0.25) is 0 Å². The molecule has 0 radical (unpaired) electrons. The van der Waals surface area contributed by atoms with Crippen LogP contribution in [0, 0.1) is 27.7 Å². The van der Waals surface area contributed by atoms with E-state index in [0.717, 1.165) is 23.5 Å². The molecular weight excluding hydrogens is 340 g/mol. The first-order chi connectivity index (χ1) is 13.3. The molecule has 2 nitrogen and oxygen atoms in total. The molecule has 28 heavy (non-hydrogen) atoms. The van der Waals surface area contributed by atoms with Crippen molar-refractivity contribution in [2.24, 2.45) is 4.99 Å². The van der Waals surface area contributed by atoms with E-state index >= 15 is 0 Å². The van der Waals surface area contributed by atoms with Crippen molar-refractivity contribution in [3.63, 3.8) is 0 Å². The van der Waals surface area contributed by atoms with Crippen molar-refractivity contribution in [1.29, 1.82) is 0 Å². The highest BCUT2D eigenvalue weighted by molar-refractivity contribution is 6.04. The zero-order chi connectivity index (χ0) is 19.9. The Morgan fingerprint density at radius 1 is 0.786 bits per heavy atom. The van der Waals surface area contributed by atoms with E-state index in [2.05, 4.69) is 101 Å². The van der Waals surface area contributed by atoms with Crippen molar-refractivity contribution in [2.75, 3.05) is 5.32 Å².